The molecule has 1 N–H and O–H groups in total. The second kappa shape index (κ2) is 9.53. The number of nitrogens with one attached hydrogen (secondary N) is 1. The van der Waals surface area contributed by atoms with Gasteiger partial charge in [-0.1, -0.05) is 46.7 Å². The molecule has 1 aromatic carbocycles. The van der Waals surface area contributed by atoms with Crippen LogP contribution in [0.2, 0.25) is 10.2 Å². The number of amides is 1. The zero-order valence-corrected chi connectivity index (χ0v) is 20.7. The van der Waals surface area contributed by atoms with E-state index in [1.807, 2.05) is 19.1 Å². The zero-order chi connectivity index (χ0) is 24.5. The summed E-state index contributed by atoms with van der Waals surface area (Å²) in [7, 11) is 1.53. The van der Waals surface area contributed by atoms with Gasteiger partial charge in [0.25, 0.3) is 5.91 Å². The van der Waals surface area contributed by atoms with Crippen molar-refractivity contribution < 1.29 is 9.53 Å². The lowest BCUT2D eigenvalue weighted by molar-refractivity contribution is 0.102. The van der Waals surface area contributed by atoms with Crippen LogP contribution in [0.3, 0.4) is 0 Å². The summed E-state index contributed by atoms with van der Waals surface area (Å²) in [6.07, 6.45) is 4.66. The molecule has 5 rings (SSSR count). The number of aryl methyl sites for hydroxylation is 1. The summed E-state index contributed by atoms with van der Waals surface area (Å²) in [5.74, 6) is 0.0941. The van der Waals surface area contributed by atoms with Gasteiger partial charge in [-0.15, -0.1) is 0 Å². The van der Waals surface area contributed by atoms with Crippen molar-refractivity contribution in [1.82, 2.24) is 24.9 Å². The summed E-state index contributed by atoms with van der Waals surface area (Å²) in [5, 5.41) is 4.12. The Kier molecular flexibility index (Phi) is 6.29. The standard InChI is InChI=1S/C24H16Cl2N6O2S/c1-12-7-15(16-8-20(26)28-11-19(16)34-2)17(9-27-12)22(33)32-24-31-21-23(35-24)30-18(10-29-21)13-3-5-14(25)6-4-13/h3-11H,1-2H3,(H,29,31,32,33). The van der Waals surface area contributed by atoms with Crippen LogP contribution in [0.25, 0.3) is 32.9 Å². The molecule has 0 saturated heterocycles. The predicted molar refractivity (Wildman–Crippen MR) is 137 cm³/mol. The minimum Gasteiger partial charge on any atom is -0.494 e. The Bertz CT molecular complexity index is 1570. The minimum absolute atomic E-state index is 0.279. The van der Waals surface area contributed by atoms with E-state index in [2.05, 4.69) is 30.2 Å². The van der Waals surface area contributed by atoms with Gasteiger partial charge < -0.3 is 4.74 Å². The molecule has 8 nitrogen and oxygen atoms in total. The number of fused-ring (bicyclic) bond motifs is 1. The summed E-state index contributed by atoms with van der Waals surface area (Å²) in [5.41, 5.74) is 4.30. The van der Waals surface area contributed by atoms with E-state index < -0.39 is 0 Å². The van der Waals surface area contributed by atoms with Gasteiger partial charge in [0.15, 0.2) is 15.6 Å². The molecule has 4 aromatic heterocycles. The molecule has 35 heavy (non-hydrogen) atoms. The summed E-state index contributed by atoms with van der Waals surface area (Å²) < 4.78 is 5.43. The van der Waals surface area contributed by atoms with Gasteiger partial charge in [0.2, 0.25) is 0 Å². The maximum atomic E-state index is 13.3. The molecule has 0 atom stereocenters. The highest BCUT2D eigenvalue weighted by molar-refractivity contribution is 7.21. The fraction of sp³-hybridized carbons (Fsp3) is 0.0833. The van der Waals surface area contributed by atoms with Crippen LogP contribution >= 0.6 is 34.5 Å². The lowest BCUT2D eigenvalue weighted by Crippen LogP contribution is -2.14. The smallest absolute Gasteiger partial charge is 0.259 e. The molecule has 4 heterocycles. The average molecular weight is 523 g/mol. The Labute approximate surface area is 214 Å². The summed E-state index contributed by atoms with van der Waals surface area (Å²) in [6, 6.07) is 10.8. The Morgan fingerprint density at radius 3 is 2.54 bits per heavy atom. The van der Waals surface area contributed by atoms with Crippen molar-refractivity contribution >= 4 is 56.1 Å². The topological polar surface area (TPSA) is 103 Å². The van der Waals surface area contributed by atoms with E-state index in [0.29, 0.717) is 48.8 Å². The lowest BCUT2D eigenvalue weighted by atomic mass is 10.0. The second-order valence-corrected chi connectivity index (χ2v) is 9.24. The molecule has 0 aliphatic carbocycles. The van der Waals surface area contributed by atoms with Crippen LogP contribution < -0.4 is 10.1 Å². The van der Waals surface area contributed by atoms with Crippen molar-refractivity contribution in [3.63, 3.8) is 0 Å². The van der Waals surface area contributed by atoms with Crippen LogP contribution in [0, 0.1) is 6.92 Å². The first-order chi connectivity index (χ1) is 16.9. The van der Waals surface area contributed by atoms with Gasteiger partial charge in [-0.2, -0.15) is 4.98 Å². The van der Waals surface area contributed by atoms with E-state index in [-0.39, 0.29) is 11.1 Å². The fourth-order valence-corrected chi connectivity index (χ4v) is 4.53. The molecule has 0 fully saturated rings. The van der Waals surface area contributed by atoms with Gasteiger partial charge in [0, 0.05) is 33.6 Å². The monoisotopic (exact) mass is 522 g/mol. The maximum Gasteiger partial charge on any atom is 0.259 e. The summed E-state index contributed by atoms with van der Waals surface area (Å²) >= 11 is 13.3. The number of rotatable bonds is 5. The number of aromatic nitrogens is 5. The average Bonchev–Trinajstić information content (AvgIpc) is 3.25. The number of ether oxygens (including phenoxy) is 1. The number of pyridine rings is 2. The summed E-state index contributed by atoms with van der Waals surface area (Å²) in [6.45, 7) is 1.84. The Morgan fingerprint density at radius 1 is 0.971 bits per heavy atom. The number of hydrogen-bond acceptors (Lipinski definition) is 8. The Morgan fingerprint density at radius 2 is 1.77 bits per heavy atom. The van der Waals surface area contributed by atoms with Crippen LogP contribution in [0.1, 0.15) is 16.1 Å². The van der Waals surface area contributed by atoms with Crippen molar-refractivity contribution in [2.45, 2.75) is 6.92 Å². The van der Waals surface area contributed by atoms with E-state index in [1.54, 1.807) is 30.5 Å². The first-order valence-corrected chi connectivity index (χ1v) is 11.9. The van der Waals surface area contributed by atoms with Crippen molar-refractivity contribution in [3.8, 4) is 28.1 Å². The van der Waals surface area contributed by atoms with Crippen LogP contribution in [0.15, 0.2) is 55.0 Å². The van der Waals surface area contributed by atoms with Crippen LogP contribution in [0.4, 0.5) is 5.13 Å². The SMILES string of the molecule is COc1cnc(Cl)cc1-c1cc(C)ncc1C(=O)Nc1nc2ncc(-c3ccc(Cl)cc3)nc2s1. The minimum atomic E-state index is -0.389. The van der Waals surface area contributed by atoms with Gasteiger partial charge in [-0.25, -0.2) is 15.0 Å². The molecule has 0 radical (unpaired) electrons. The molecular weight excluding hydrogens is 507 g/mol. The number of thiazole rings is 1. The van der Waals surface area contributed by atoms with E-state index in [0.717, 1.165) is 11.3 Å². The Balaban J connectivity index is 1.48. The van der Waals surface area contributed by atoms with Crippen LogP contribution in [0.5, 0.6) is 5.75 Å². The molecule has 1 amide bonds. The van der Waals surface area contributed by atoms with E-state index in [4.69, 9.17) is 27.9 Å². The number of nitrogens with zero attached hydrogens (tertiary/aromatic N) is 5. The second-order valence-electron chi connectivity index (χ2n) is 7.44. The third-order valence-electron chi connectivity index (χ3n) is 5.11. The van der Waals surface area contributed by atoms with E-state index in [1.165, 1.54) is 30.8 Å². The highest BCUT2D eigenvalue weighted by atomic mass is 35.5. The van der Waals surface area contributed by atoms with Gasteiger partial charge in [-0.3, -0.25) is 15.1 Å². The van der Waals surface area contributed by atoms with Crippen molar-refractivity contribution in [2.24, 2.45) is 0 Å². The highest BCUT2D eigenvalue weighted by Gasteiger charge is 2.20. The molecule has 174 valence electrons. The van der Waals surface area contributed by atoms with Gasteiger partial charge in [0.1, 0.15) is 10.9 Å². The first kappa shape index (κ1) is 23.1. The maximum absolute atomic E-state index is 13.3. The molecule has 0 spiro atoms. The number of anilines is 1. The normalized spacial score (nSPS) is 11.0. The molecule has 11 heteroatoms. The summed E-state index contributed by atoms with van der Waals surface area (Å²) in [4.78, 5) is 35.7. The van der Waals surface area contributed by atoms with Crippen LogP contribution in [-0.2, 0) is 0 Å². The van der Waals surface area contributed by atoms with Gasteiger partial charge in [-0.05, 0) is 31.2 Å². The molecule has 0 bridgehead atoms. The quantitative estimate of drug-likeness (QED) is 0.278. The number of carbonyl (C=O) groups is 1. The first-order valence-electron chi connectivity index (χ1n) is 10.3. The molecule has 0 saturated carbocycles. The number of halogens is 2. The van der Waals surface area contributed by atoms with Crippen molar-refractivity contribution in [2.75, 3.05) is 12.4 Å². The molecule has 0 aliphatic heterocycles. The van der Waals surface area contributed by atoms with Gasteiger partial charge in [0.05, 0.1) is 30.8 Å². The van der Waals surface area contributed by atoms with Gasteiger partial charge >= 0.3 is 0 Å². The lowest BCUT2D eigenvalue weighted by Gasteiger charge is -2.13. The van der Waals surface area contributed by atoms with Crippen LogP contribution in [-0.4, -0.2) is 37.9 Å². The number of methoxy groups -OCH3 is 1. The molecule has 5 aromatic rings. The third-order valence-corrected chi connectivity index (χ3v) is 6.43. The Hall–Kier alpha value is -3.66. The third kappa shape index (κ3) is 4.79. The molecule has 0 aliphatic rings. The fourth-order valence-electron chi connectivity index (χ4n) is 3.45. The zero-order valence-electron chi connectivity index (χ0n) is 18.4. The largest absolute Gasteiger partial charge is 0.494 e. The highest BCUT2D eigenvalue weighted by Crippen LogP contribution is 2.34. The van der Waals surface area contributed by atoms with E-state index in [9.17, 15) is 4.79 Å². The predicted octanol–water partition coefficient (Wildman–Crippen LogP) is 6.09. The molecule has 0 unspecified atom stereocenters. The number of hydrogen-bond donors (Lipinski definition) is 1. The van der Waals surface area contributed by atoms with Crippen molar-refractivity contribution in [1.29, 1.82) is 0 Å². The number of benzene rings is 1. The van der Waals surface area contributed by atoms with Crippen molar-refractivity contribution in [3.05, 3.63) is 76.4 Å². The number of carbonyl (C=O) groups excluding carboxylic acids is 1. The van der Waals surface area contributed by atoms with E-state index >= 15 is 0 Å². The molecular formula is C24H16Cl2N6O2S.